The predicted molar refractivity (Wildman–Crippen MR) is 121 cm³/mol. The highest BCUT2D eigenvalue weighted by Crippen LogP contribution is 2.45. The number of hydrogen-bond acceptors (Lipinski definition) is 3. The Balaban J connectivity index is 1.64. The number of aliphatic hydroxyl groups is 1. The summed E-state index contributed by atoms with van der Waals surface area (Å²) in [6, 6.07) is 9.11. The van der Waals surface area contributed by atoms with Gasteiger partial charge in [0.2, 0.25) is 5.91 Å². The van der Waals surface area contributed by atoms with Crippen molar-refractivity contribution in [3.63, 3.8) is 0 Å². The number of hydrogen-bond donors (Lipinski definition) is 2. The summed E-state index contributed by atoms with van der Waals surface area (Å²) >= 11 is 0. The minimum Gasteiger partial charge on any atom is -0.486 e. The molecule has 2 aliphatic rings. The normalized spacial score (nSPS) is 20.5. The molecule has 0 radical (unpaired) electrons. The third kappa shape index (κ3) is 4.93. The van der Waals surface area contributed by atoms with Crippen LogP contribution in [0.4, 0.5) is 18.9 Å². The van der Waals surface area contributed by atoms with Crippen LogP contribution in [0.2, 0.25) is 0 Å². The Morgan fingerprint density at radius 1 is 1.18 bits per heavy atom. The third-order valence-corrected chi connectivity index (χ3v) is 6.76. The number of amides is 1. The first kappa shape index (κ1) is 23.4. The summed E-state index contributed by atoms with van der Waals surface area (Å²) in [7, 11) is 0. The van der Waals surface area contributed by atoms with Gasteiger partial charge in [-0.15, -0.1) is 0 Å². The van der Waals surface area contributed by atoms with E-state index in [0.717, 1.165) is 30.5 Å². The maximum Gasteiger partial charge on any atom is 0.416 e. The number of rotatable bonds is 4. The lowest BCUT2D eigenvalue weighted by atomic mass is 9.82. The molecule has 1 aliphatic carbocycles. The Bertz CT molecular complexity index is 1090. The number of alkyl halides is 3. The number of carbonyl (C=O) groups is 1. The SMILES string of the molecule is CCC1(CC)C/C(=C\C(=O)Nc2ccc3c(c2)C[C@@H](O)CC3)c2ccc(C(F)(F)F)cc2O1. The van der Waals surface area contributed by atoms with Crippen LogP contribution >= 0.6 is 0 Å². The van der Waals surface area contributed by atoms with Gasteiger partial charge in [-0.05, 0) is 73.1 Å². The summed E-state index contributed by atoms with van der Waals surface area (Å²) in [5.41, 5.74) is 2.54. The first-order valence-electron chi connectivity index (χ1n) is 11.3. The lowest BCUT2D eigenvalue weighted by Gasteiger charge is -2.39. The molecule has 33 heavy (non-hydrogen) atoms. The summed E-state index contributed by atoms with van der Waals surface area (Å²) in [4.78, 5) is 12.9. The molecule has 0 aromatic heterocycles. The topological polar surface area (TPSA) is 58.6 Å². The number of halogens is 3. The Morgan fingerprint density at radius 2 is 1.94 bits per heavy atom. The summed E-state index contributed by atoms with van der Waals surface area (Å²) in [6.07, 6.45) is 0.352. The first-order valence-corrected chi connectivity index (χ1v) is 11.3. The van der Waals surface area contributed by atoms with Gasteiger partial charge < -0.3 is 15.2 Å². The van der Waals surface area contributed by atoms with Crippen LogP contribution in [0.5, 0.6) is 5.75 Å². The number of nitrogens with one attached hydrogen (secondary N) is 1. The quantitative estimate of drug-likeness (QED) is 0.558. The van der Waals surface area contributed by atoms with E-state index in [1.165, 1.54) is 17.7 Å². The Hall–Kier alpha value is -2.80. The second-order valence-electron chi connectivity index (χ2n) is 8.92. The van der Waals surface area contributed by atoms with Gasteiger partial charge in [-0.1, -0.05) is 26.0 Å². The fourth-order valence-corrected chi connectivity index (χ4v) is 4.69. The summed E-state index contributed by atoms with van der Waals surface area (Å²) in [5, 5.41) is 12.8. The molecule has 4 rings (SSSR count). The van der Waals surface area contributed by atoms with Gasteiger partial charge in [0.05, 0.1) is 11.7 Å². The van der Waals surface area contributed by atoms with Gasteiger partial charge in [0, 0.05) is 23.7 Å². The largest absolute Gasteiger partial charge is 0.486 e. The number of aryl methyl sites for hydroxylation is 1. The van der Waals surface area contributed by atoms with E-state index in [9.17, 15) is 23.1 Å². The number of benzene rings is 2. The van der Waals surface area contributed by atoms with Gasteiger partial charge in [0.1, 0.15) is 11.4 Å². The van der Waals surface area contributed by atoms with E-state index >= 15 is 0 Å². The highest BCUT2D eigenvalue weighted by atomic mass is 19.4. The third-order valence-electron chi connectivity index (χ3n) is 6.76. The second-order valence-corrected chi connectivity index (χ2v) is 8.92. The van der Waals surface area contributed by atoms with E-state index in [2.05, 4.69) is 5.32 Å². The van der Waals surface area contributed by atoms with E-state index in [1.54, 1.807) is 0 Å². The molecule has 2 N–H and O–H groups in total. The van der Waals surface area contributed by atoms with Crippen LogP contribution in [0.25, 0.3) is 5.57 Å². The van der Waals surface area contributed by atoms with Gasteiger partial charge in [-0.3, -0.25) is 4.79 Å². The zero-order chi connectivity index (χ0) is 23.8. The Labute approximate surface area is 191 Å². The van der Waals surface area contributed by atoms with Crippen LogP contribution in [0.3, 0.4) is 0 Å². The molecule has 2 aromatic carbocycles. The lowest BCUT2D eigenvalue weighted by molar-refractivity contribution is -0.137. The van der Waals surface area contributed by atoms with E-state index in [4.69, 9.17) is 4.74 Å². The maximum absolute atomic E-state index is 13.3. The first-order chi connectivity index (χ1) is 15.6. The molecule has 176 valence electrons. The average Bonchev–Trinajstić information content (AvgIpc) is 2.77. The molecule has 0 spiro atoms. The molecule has 2 aromatic rings. The van der Waals surface area contributed by atoms with Crippen LogP contribution in [-0.2, 0) is 23.8 Å². The van der Waals surface area contributed by atoms with Crippen molar-refractivity contribution in [2.24, 2.45) is 0 Å². The molecule has 0 saturated carbocycles. The molecule has 1 atom stereocenters. The van der Waals surface area contributed by atoms with Crippen molar-refractivity contribution in [2.45, 2.75) is 70.3 Å². The molecular formula is C26H28F3NO3. The van der Waals surface area contributed by atoms with Crippen molar-refractivity contribution in [1.82, 2.24) is 0 Å². The highest BCUT2D eigenvalue weighted by Gasteiger charge is 2.38. The summed E-state index contributed by atoms with van der Waals surface area (Å²) in [6.45, 7) is 3.86. The van der Waals surface area contributed by atoms with Crippen molar-refractivity contribution in [3.05, 3.63) is 64.7 Å². The molecular weight excluding hydrogens is 431 g/mol. The fraction of sp³-hybridized carbons (Fsp3) is 0.423. The number of anilines is 1. The van der Waals surface area contributed by atoms with Crippen LogP contribution in [0.15, 0.2) is 42.5 Å². The minimum absolute atomic E-state index is 0.154. The van der Waals surface area contributed by atoms with Crippen LogP contribution < -0.4 is 10.1 Å². The number of ether oxygens (including phenoxy) is 1. The Morgan fingerprint density at radius 3 is 2.64 bits per heavy atom. The summed E-state index contributed by atoms with van der Waals surface area (Å²) < 4.78 is 45.8. The van der Waals surface area contributed by atoms with Gasteiger partial charge in [0.15, 0.2) is 0 Å². The van der Waals surface area contributed by atoms with E-state index < -0.39 is 17.3 Å². The van der Waals surface area contributed by atoms with Crippen molar-refractivity contribution in [2.75, 3.05) is 5.32 Å². The standard InChI is InChI=1S/C26H28F3NO3/c1-3-25(4-2)15-18(22-10-7-19(26(27,28)29)14-23(22)33-25)13-24(32)30-20-8-5-16-6-9-21(31)12-17(16)11-20/h5,7-8,10-11,13-14,21,31H,3-4,6,9,12,15H2,1-2H3,(H,30,32)/b18-13+/t21-/m0/s1. The number of carbonyl (C=O) groups excluding carboxylic acids is 1. The fourth-order valence-electron chi connectivity index (χ4n) is 4.69. The average molecular weight is 460 g/mol. The molecule has 0 fully saturated rings. The van der Waals surface area contributed by atoms with Gasteiger partial charge in [-0.25, -0.2) is 0 Å². The van der Waals surface area contributed by atoms with Gasteiger partial charge >= 0.3 is 6.18 Å². The van der Waals surface area contributed by atoms with Crippen LogP contribution in [0, 0.1) is 0 Å². The van der Waals surface area contributed by atoms with Crippen molar-refractivity contribution in [1.29, 1.82) is 0 Å². The maximum atomic E-state index is 13.3. The Kier molecular flexibility index (Phi) is 6.27. The summed E-state index contributed by atoms with van der Waals surface area (Å²) in [5.74, 6) is -0.197. The lowest BCUT2D eigenvalue weighted by Crippen LogP contribution is -2.38. The van der Waals surface area contributed by atoms with E-state index in [1.807, 2.05) is 32.0 Å². The molecule has 4 nitrogen and oxygen atoms in total. The smallest absolute Gasteiger partial charge is 0.416 e. The number of fused-ring (bicyclic) bond motifs is 2. The minimum atomic E-state index is -4.47. The van der Waals surface area contributed by atoms with Crippen molar-refractivity contribution >= 4 is 17.2 Å². The van der Waals surface area contributed by atoms with Crippen molar-refractivity contribution in [3.8, 4) is 5.75 Å². The highest BCUT2D eigenvalue weighted by molar-refractivity contribution is 6.04. The second kappa shape index (κ2) is 8.86. The molecule has 1 aliphatic heterocycles. The van der Waals surface area contributed by atoms with E-state index in [-0.39, 0.29) is 17.8 Å². The molecule has 0 bridgehead atoms. The van der Waals surface area contributed by atoms with Crippen molar-refractivity contribution < 1.29 is 27.8 Å². The molecule has 0 unspecified atom stereocenters. The zero-order valence-electron chi connectivity index (χ0n) is 18.8. The number of aliphatic hydroxyl groups excluding tert-OH is 1. The van der Waals surface area contributed by atoms with Crippen LogP contribution in [-0.4, -0.2) is 22.7 Å². The predicted octanol–water partition coefficient (Wildman–Crippen LogP) is 5.92. The zero-order valence-corrected chi connectivity index (χ0v) is 18.8. The molecule has 7 heteroatoms. The molecule has 1 amide bonds. The van der Waals surface area contributed by atoms with Gasteiger partial charge in [-0.2, -0.15) is 13.2 Å². The molecule has 1 heterocycles. The van der Waals surface area contributed by atoms with Gasteiger partial charge in [0.25, 0.3) is 0 Å². The van der Waals surface area contributed by atoms with Crippen LogP contribution in [0.1, 0.15) is 61.8 Å². The van der Waals surface area contributed by atoms with E-state index in [0.29, 0.717) is 42.5 Å². The molecule has 0 saturated heterocycles. The monoisotopic (exact) mass is 459 g/mol.